The van der Waals surface area contributed by atoms with Gasteiger partial charge in [0.05, 0.1) is 20.8 Å². The summed E-state index contributed by atoms with van der Waals surface area (Å²) in [6.07, 6.45) is 8.04. The van der Waals surface area contributed by atoms with E-state index < -0.39 is 0 Å². The monoisotopic (exact) mass is 521 g/mol. The number of benzene rings is 2. The molecule has 7 nitrogen and oxygen atoms in total. The van der Waals surface area contributed by atoms with Gasteiger partial charge in [-0.3, -0.25) is 9.59 Å². The summed E-state index contributed by atoms with van der Waals surface area (Å²) in [5, 5.41) is 1.17. The zero-order chi connectivity index (χ0) is 27.3. The number of fused-ring (bicyclic) bond motifs is 1. The van der Waals surface area contributed by atoms with Gasteiger partial charge in [-0.25, -0.2) is 0 Å². The molecule has 3 aromatic rings. The number of hydrogen-bond acceptors (Lipinski definition) is 4. The third-order valence-electron chi connectivity index (χ3n) is 6.95. The Morgan fingerprint density at radius 1 is 0.842 bits per heavy atom. The second kappa shape index (κ2) is 15.1. The fourth-order valence-corrected chi connectivity index (χ4v) is 4.67. The Bertz CT molecular complexity index is 1170. The van der Waals surface area contributed by atoms with Crippen LogP contribution in [0.3, 0.4) is 0 Å². The van der Waals surface area contributed by atoms with Gasteiger partial charge in [-0.15, -0.1) is 0 Å². The summed E-state index contributed by atoms with van der Waals surface area (Å²) in [6.45, 7) is 5.91. The van der Waals surface area contributed by atoms with Crippen molar-refractivity contribution in [3.63, 3.8) is 0 Å². The van der Waals surface area contributed by atoms with Gasteiger partial charge in [0.1, 0.15) is 0 Å². The van der Waals surface area contributed by atoms with Gasteiger partial charge in [0.2, 0.25) is 11.8 Å². The number of para-hydroxylation sites is 1. The van der Waals surface area contributed by atoms with Crippen molar-refractivity contribution in [2.45, 2.75) is 65.3 Å². The van der Waals surface area contributed by atoms with Crippen molar-refractivity contribution in [2.75, 3.05) is 33.9 Å². The van der Waals surface area contributed by atoms with Gasteiger partial charge in [-0.1, -0.05) is 57.4 Å². The lowest BCUT2D eigenvalue weighted by Crippen LogP contribution is -2.43. The maximum absolute atomic E-state index is 13.7. The van der Waals surface area contributed by atoms with Gasteiger partial charge in [0.25, 0.3) is 0 Å². The van der Waals surface area contributed by atoms with Gasteiger partial charge in [-0.2, -0.15) is 0 Å². The highest BCUT2D eigenvalue weighted by molar-refractivity contribution is 5.85. The van der Waals surface area contributed by atoms with Crippen LogP contribution in [0.5, 0.6) is 11.5 Å². The minimum absolute atomic E-state index is 0.0421. The lowest BCUT2D eigenvalue weighted by atomic mass is 10.1. The molecular formula is C31H43N3O4. The van der Waals surface area contributed by atoms with Crippen molar-refractivity contribution >= 4 is 22.7 Å². The molecule has 7 heteroatoms. The van der Waals surface area contributed by atoms with Crippen molar-refractivity contribution in [3.8, 4) is 11.5 Å². The third kappa shape index (κ3) is 8.01. The largest absolute Gasteiger partial charge is 0.493 e. The normalized spacial score (nSPS) is 10.9. The van der Waals surface area contributed by atoms with Crippen molar-refractivity contribution in [1.29, 1.82) is 0 Å². The first kappa shape index (κ1) is 29.1. The van der Waals surface area contributed by atoms with Gasteiger partial charge in [0.15, 0.2) is 11.5 Å². The van der Waals surface area contributed by atoms with Crippen LogP contribution in [0.15, 0.2) is 48.7 Å². The smallest absolute Gasteiger partial charge is 0.242 e. The van der Waals surface area contributed by atoms with E-state index in [1.54, 1.807) is 19.1 Å². The Morgan fingerprint density at radius 3 is 2.34 bits per heavy atom. The average Bonchev–Trinajstić information content (AvgIpc) is 3.36. The standard InChI is InChI=1S/C31H43N3O4/c1-5-7-9-14-30(35)33(18-8-6-2)23-31(36)34(22-24-15-16-28(37-3)29(20-24)38-4)19-17-25-21-32-27-13-11-10-12-26(25)27/h10-13,15-16,20-21,32H,5-9,14,17-19,22-23H2,1-4H3. The number of ether oxygens (including phenoxy) is 2. The van der Waals surface area contributed by atoms with Crippen LogP contribution >= 0.6 is 0 Å². The maximum atomic E-state index is 13.7. The SMILES string of the molecule is CCCCCC(=O)N(CCCC)CC(=O)N(CCc1c[nH]c2ccccc12)Cc1ccc(OC)c(OC)c1. The molecule has 0 fully saturated rings. The number of nitrogens with one attached hydrogen (secondary N) is 1. The van der Waals surface area contributed by atoms with Crippen LogP contribution in [-0.4, -0.2) is 60.5 Å². The molecule has 0 bridgehead atoms. The molecule has 0 unspecified atom stereocenters. The summed E-state index contributed by atoms with van der Waals surface area (Å²) in [4.78, 5) is 33.7. The maximum Gasteiger partial charge on any atom is 0.242 e. The molecule has 0 aliphatic carbocycles. The van der Waals surface area contributed by atoms with E-state index in [0.717, 1.165) is 43.2 Å². The van der Waals surface area contributed by atoms with Crippen LogP contribution in [-0.2, 0) is 22.6 Å². The summed E-state index contributed by atoms with van der Waals surface area (Å²) in [5.74, 6) is 1.31. The number of H-pyrrole nitrogens is 1. The highest BCUT2D eigenvalue weighted by Crippen LogP contribution is 2.28. The average molecular weight is 522 g/mol. The fourth-order valence-electron chi connectivity index (χ4n) is 4.67. The van der Waals surface area contributed by atoms with E-state index in [0.29, 0.717) is 44.0 Å². The molecule has 2 aromatic carbocycles. The molecule has 0 saturated carbocycles. The number of methoxy groups -OCH3 is 2. The molecule has 0 radical (unpaired) electrons. The first-order valence-corrected chi connectivity index (χ1v) is 13.8. The minimum atomic E-state index is -0.0421. The topological polar surface area (TPSA) is 74.9 Å². The number of aromatic amines is 1. The van der Waals surface area contributed by atoms with Crippen LogP contribution in [0.25, 0.3) is 10.9 Å². The van der Waals surface area contributed by atoms with Crippen LogP contribution in [0.2, 0.25) is 0 Å². The lowest BCUT2D eigenvalue weighted by Gasteiger charge is -2.28. The van der Waals surface area contributed by atoms with Crippen LogP contribution in [0, 0.1) is 0 Å². The minimum Gasteiger partial charge on any atom is -0.493 e. The van der Waals surface area contributed by atoms with Gasteiger partial charge < -0.3 is 24.3 Å². The molecular weight excluding hydrogens is 478 g/mol. The van der Waals surface area contributed by atoms with Crippen LogP contribution in [0.4, 0.5) is 0 Å². The molecule has 206 valence electrons. The van der Waals surface area contributed by atoms with E-state index in [-0.39, 0.29) is 18.4 Å². The molecule has 1 aromatic heterocycles. The Morgan fingerprint density at radius 2 is 1.61 bits per heavy atom. The third-order valence-corrected chi connectivity index (χ3v) is 6.95. The number of rotatable bonds is 16. The number of unbranched alkanes of at least 4 members (excludes halogenated alkanes) is 3. The quantitative estimate of drug-likeness (QED) is 0.236. The second-order valence-electron chi connectivity index (χ2n) is 9.74. The van der Waals surface area contributed by atoms with Gasteiger partial charge >= 0.3 is 0 Å². The molecule has 1 heterocycles. The van der Waals surface area contributed by atoms with Crippen molar-refractivity contribution < 1.29 is 19.1 Å². The zero-order valence-corrected chi connectivity index (χ0v) is 23.4. The number of carbonyl (C=O) groups excluding carboxylic acids is 2. The van der Waals surface area contributed by atoms with E-state index >= 15 is 0 Å². The molecule has 38 heavy (non-hydrogen) atoms. The van der Waals surface area contributed by atoms with E-state index in [9.17, 15) is 9.59 Å². The first-order valence-electron chi connectivity index (χ1n) is 13.8. The number of nitrogens with zero attached hydrogens (tertiary/aromatic N) is 2. The Balaban J connectivity index is 1.80. The van der Waals surface area contributed by atoms with E-state index in [1.807, 2.05) is 41.4 Å². The fraction of sp³-hybridized carbons (Fsp3) is 0.484. The highest BCUT2D eigenvalue weighted by Gasteiger charge is 2.22. The summed E-state index contributed by atoms with van der Waals surface area (Å²) >= 11 is 0. The molecule has 1 N–H and O–H groups in total. The lowest BCUT2D eigenvalue weighted by molar-refractivity contribution is -0.141. The predicted octanol–water partition coefficient (Wildman–Crippen LogP) is 5.97. The van der Waals surface area contributed by atoms with E-state index in [2.05, 4.69) is 31.0 Å². The molecule has 0 spiro atoms. The Hall–Kier alpha value is -3.48. The second-order valence-corrected chi connectivity index (χ2v) is 9.74. The van der Waals surface area contributed by atoms with Crippen molar-refractivity contribution in [1.82, 2.24) is 14.8 Å². The predicted molar refractivity (Wildman–Crippen MR) is 153 cm³/mol. The Labute approximate surface area is 227 Å². The zero-order valence-electron chi connectivity index (χ0n) is 23.4. The molecule has 2 amide bonds. The van der Waals surface area contributed by atoms with Gasteiger partial charge in [-0.05, 0) is 48.6 Å². The summed E-state index contributed by atoms with van der Waals surface area (Å²) in [5.41, 5.74) is 3.21. The van der Waals surface area contributed by atoms with Crippen LogP contribution in [0.1, 0.15) is 63.5 Å². The number of amides is 2. The summed E-state index contributed by atoms with van der Waals surface area (Å²) in [6, 6.07) is 13.9. The van der Waals surface area contributed by atoms with Crippen LogP contribution < -0.4 is 9.47 Å². The molecule has 0 aliphatic rings. The number of carbonyl (C=O) groups is 2. The van der Waals surface area contributed by atoms with E-state index in [1.165, 1.54) is 10.9 Å². The molecule has 0 atom stereocenters. The van der Waals surface area contributed by atoms with E-state index in [4.69, 9.17) is 9.47 Å². The molecule has 3 rings (SSSR count). The van der Waals surface area contributed by atoms with Gasteiger partial charge in [0, 0.05) is 43.2 Å². The molecule has 0 saturated heterocycles. The summed E-state index contributed by atoms with van der Waals surface area (Å²) in [7, 11) is 3.22. The highest BCUT2D eigenvalue weighted by atomic mass is 16.5. The molecule has 0 aliphatic heterocycles. The summed E-state index contributed by atoms with van der Waals surface area (Å²) < 4.78 is 10.9. The van der Waals surface area contributed by atoms with Crippen molar-refractivity contribution in [3.05, 3.63) is 59.8 Å². The Kier molecular flexibility index (Phi) is 11.5. The first-order chi connectivity index (χ1) is 18.5. The van der Waals surface area contributed by atoms with Crippen molar-refractivity contribution in [2.24, 2.45) is 0 Å². The number of aromatic nitrogens is 1. The number of hydrogen-bond donors (Lipinski definition) is 1.